The molecule has 1 rings (SSSR count). The molecule has 97 valence electrons. The Balaban J connectivity index is 0. The van der Waals surface area contributed by atoms with Crippen LogP contribution in [0.2, 0.25) is 0 Å². The third kappa shape index (κ3) is 10.4. The van der Waals surface area contributed by atoms with Gasteiger partial charge in [0.05, 0.1) is 0 Å². The fraction of sp³-hybridized carbons (Fsp3) is 1.00. The standard InChI is InChI=1S/C12H24N.2ClH.Ti/c13-12-10-8-6-4-2-1-3-5-7-9-11-12;;;/h1-11,13H2;2*1H;. The van der Waals surface area contributed by atoms with Gasteiger partial charge in [-0.05, 0) is 0 Å². The van der Waals surface area contributed by atoms with E-state index in [1.165, 1.54) is 70.6 Å². The van der Waals surface area contributed by atoms with Crippen LogP contribution in [0.1, 0.15) is 70.6 Å². The second kappa shape index (κ2) is 11.4. The molecule has 1 fully saturated rings. The van der Waals surface area contributed by atoms with Crippen LogP contribution in [0.3, 0.4) is 0 Å². The zero-order valence-corrected chi connectivity index (χ0v) is 13.4. The average molecular weight is 303 g/mol. The van der Waals surface area contributed by atoms with Gasteiger partial charge in [-0.1, -0.05) is 0 Å². The Kier molecular flexibility index (Phi) is 13.9. The van der Waals surface area contributed by atoms with E-state index in [0.717, 1.165) is 0 Å². The maximum atomic E-state index is 6.26. The second-order valence-corrected chi connectivity index (χ2v) is 6.39. The molecule has 0 aromatic rings. The summed E-state index contributed by atoms with van der Waals surface area (Å²) in [4.78, 5) is 0. The molecular formula is C12H26Cl2NTi. The molecule has 1 saturated carbocycles. The van der Waals surface area contributed by atoms with Gasteiger partial charge in [-0.15, -0.1) is 24.8 Å². The summed E-state index contributed by atoms with van der Waals surface area (Å²) in [6, 6.07) is 0. The summed E-state index contributed by atoms with van der Waals surface area (Å²) in [5.41, 5.74) is 6.26. The molecule has 0 aromatic heterocycles. The summed E-state index contributed by atoms with van der Waals surface area (Å²) in [6.07, 6.45) is 15.1. The molecular weight excluding hydrogens is 277 g/mol. The molecule has 0 amide bonds. The molecule has 16 heavy (non-hydrogen) atoms. The fourth-order valence-electron chi connectivity index (χ4n) is 2.24. The number of nitrogens with two attached hydrogens (primary N) is 1. The molecule has 0 aliphatic heterocycles. The Labute approximate surface area is 125 Å². The molecule has 0 unspecified atom stereocenters. The Morgan fingerprint density at radius 1 is 0.625 bits per heavy atom. The Morgan fingerprint density at radius 3 is 1.19 bits per heavy atom. The Morgan fingerprint density at radius 2 is 0.875 bits per heavy atom. The van der Waals surface area contributed by atoms with Crippen LogP contribution in [0.15, 0.2) is 0 Å². The molecule has 0 aromatic carbocycles. The maximum absolute atomic E-state index is 6.26. The molecule has 4 heteroatoms. The summed E-state index contributed by atoms with van der Waals surface area (Å²) in [5.74, 6) is 0. The molecule has 1 aliphatic rings. The topological polar surface area (TPSA) is 26.0 Å². The third-order valence-electron chi connectivity index (χ3n) is 3.25. The number of hydrogen-bond acceptors (Lipinski definition) is 1. The van der Waals surface area contributed by atoms with Crippen molar-refractivity contribution in [3.8, 4) is 0 Å². The molecule has 0 atom stereocenters. The predicted octanol–water partition coefficient (Wildman–Crippen LogP) is 4.34. The van der Waals surface area contributed by atoms with Crippen molar-refractivity contribution in [2.24, 2.45) is 5.73 Å². The van der Waals surface area contributed by atoms with E-state index < -0.39 is 0 Å². The zero-order valence-electron chi connectivity index (χ0n) is 10.2. The Bertz CT molecular complexity index is 140. The van der Waals surface area contributed by atoms with Crippen molar-refractivity contribution in [2.45, 2.75) is 74.5 Å². The van der Waals surface area contributed by atoms with E-state index in [0.29, 0.717) is 0 Å². The molecule has 0 saturated heterocycles. The van der Waals surface area contributed by atoms with E-state index in [2.05, 4.69) is 20.4 Å². The summed E-state index contributed by atoms with van der Waals surface area (Å²) >= 11 is 2.23. The summed E-state index contributed by atoms with van der Waals surface area (Å²) in [5, 5.41) is 0. The monoisotopic (exact) mass is 302 g/mol. The van der Waals surface area contributed by atoms with Crippen molar-refractivity contribution in [1.82, 2.24) is 0 Å². The van der Waals surface area contributed by atoms with Crippen LogP contribution in [-0.4, -0.2) is 3.84 Å². The first-order valence-corrected chi connectivity index (χ1v) is 7.03. The fourth-order valence-corrected chi connectivity index (χ4v) is 2.80. The van der Waals surface area contributed by atoms with Gasteiger partial charge in [0.15, 0.2) is 0 Å². The molecule has 0 radical (unpaired) electrons. The van der Waals surface area contributed by atoms with Crippen LogP contribution in [0.4, 0.5) is 0 Å². The quantitative estimate of drug-likeness (QED) is 0.662. The van der Waals surface area contributed by atoms with Gasteiger partial charge < -0.3 is 0 Å². The van der Waals surface area contributed by atoms with Crippen LogP contribution in [-0.2, 0) is 20.4 Å². The van der Waals surface area contributed by atoms with Gasteiger partial charge in [0.2, 0.25) is 0 Å². The van der Waals surface area contributed by atoms with Crippen LogP contribution in [0.5, 0.6) is 0 Å². The van der Waals surface area contributed by atoms with Crippen molar-refractivity contribution in [3.05, 3.63) is 0 Å². The molecule has 1 aliphatic carbocycles. The molecule has 0 heterocycles. The Hall–Kier alpha value is 1.25. The van der Waals surface area contributed by atoms with E-state index in [-0.39, 0.29) is 28.7 Å². The average Bonchev–Trinajstić information content (AvgIpc) is 2.11. The summed E-state index contributed by atoms with van der Waals surface area (Å²) < 4.78 is 0.124. The normalized spacial score (nSPS) is 22.8. The summed E-state index contributed by atoms with van der Waals surface area (Å²) in [6.45, 7) is 0. The van der Waals surface area contributed by atoms with Crippen LogP contribution in [0.25, 0.3) is 0 Å². The molecule has 0 spiro atoms. The first-order valence-electron chi connectivity index (χ1n) is 6.25. The van der Waals surface area contributed by atoms with Gasteiger partial charge in [-0.25, -0.2) is 0 Å². The first-order chi connectivity index (χ1) is 6.71. The minimum absolute atomic E-state index is 0. The van der Waals surface area contributed by atoms with Crippen molar-refractivity contribution >= 4 is 24.8 Å². The van der Waals surface area contributed by atoms with E-state index in [9.17, 15) is 0 Å². The van der Waals surface area contributed by atoms with Gasteiger partial charge >= 0.3 is 101 Å². The van der Waals surface area contributed by atoms with Gasteiger partial charge in [0.1, 0.15) is 0 Å². The summed E-state index contributed by atoms with van der Waals surface area (Å²) in [7, 11) is 0. The van der Waals surface area contributed by atoms with E-state index in [1.54, 1.807) is 0 Å². The first kappa shape index (κ1) is 19.6. The van der Waals surface area contributed by atoms with Gasteiger partial charge in [0, 0.05) is 0 Å². The van der Waals surface area contributed by atoms with Gasteiger partial charge in [0.25, 0.3) is 0 Å². The van der Waals surface area contributed by atoms with Gasteiger partial charge in [-0.3, -0.25) is 0 Å². The predicted molar refractivity (Wildman–Crippen MR) is 72.2 cm³/mol. The molecule has 1 nitrogen and oxygen atoms in total. The van der Waals surface area contributed by atoms with E-state index in [1.807, 2.05) is 0 Å². The van der Waals surface area contributed by atoms with Gasteiger partial charge in [-0.2, -0.15) is 0 Å². The third-order valence-corrected chi connectivity index (χ3v) is 4.03. The zero-order chi connectivity index (χ0) is 10.3. The number of hydrogen-bond donors (Lipinski definition) is 1. The molecule has 0 bridgehead atoms. The number of halogens is 2. The van der Waals surface area contributed by atoms with E-state index >= 15 is 0 Å². The molecule has 2 N–H and O–H groups in total. The number of rotatable bonds is 0. The van der Waals surface area contributed by atoms with Crippen molar-refractivity contribution in [1.29, 1.82) is 0 Å². The van der Waals surface area contributed by atoms with Crippen LogP contribution < -0.4 is 5.73 Å². The van der Waals surface area contributed by atoms with Crippen molar-refractivity contribution < 1.29 is 20.4 Å². The second-order valence-electron chi connectivity index (χ2n) is 4.84. The minimum atomic E-state index is 0. The van der Waals surface area contributed by atoms with Crippen LogP contribution >= 0.6 is 24.8 Å². The van der Waals surface area contributed by atoms with E-state index in [4.69, 9.17) is 5.73 Å². The SMILES string of the molecule is Cl.Cl.N[C]1([Ti])CCCCCCCCCCC1. The van der Waals surface area contributed by atoms with Crippen LogP contribution in [0, 0.1) is 0 Å². The van der Waals surface area contributed by atoms with Crippen molar-refractivity contribution in [3.63, 3.8) is 0 Å². The van der Waals surface area contributed by atoms with Crippen molar-refractivity contribution in [2.75, 3.05) is 0 Å².